The molecule has 0 saturated heterocycles. The predicted octanol–water partition coefficient (Wildman–Crippen LogP) is 2.91. The Morgan fingerprint density at radius 2 is 2.11 bits per heavy atom. The van der Waals surface area contributed by atoms with Gasteiger partial charge in [0.05, 0.1) is 10.1 Å². The minimum Gasteiger partial charge on any atom is -0.505 e. The van der Waals surface area contributed by atoms with Gasteiger partial charge in [-0.2, -0.15) is 0 Å². The molecule has 0 unspecified atom stereocenters. The standard InChI is InChI=1S/C6H6Cl2O/c7-4-2-1-3-5(8)6(4)9/h2,9H,1,3H2. The van der Waals surface area contributed by atoms with E-state index in [0.29, 0.717) is 16.5 Å². The normalized spacial score (nSPS) is 20.0. The van der Waals surface area contributed by atoms with Crippen LogP contribution in [0.25, 0.3) is 0 Å². The van der Waals surface area contributed by atoms with Crippen molar-refractivity contribution in [3.05, 3.63) is 21.9 Å². The number of aliphatic hydroxyl groups excluding tert-OH is 1. The first kappa shape index (κ1) is 6.97. The lowest BCUT2D eigenvalue weighted by atomic mass is 10.2. The maximum absolute atomic E-state index is 8.99. The lowest BCUT2D eigenvalue weighted by Gasteiger charge is -2.06. The van der Waals surface area contributed by atoms with Crippen molar-refractivity contribution in [1.82, 2.24) is 0 Å². The van der Waals surface area contributed by atoms with Gasteiger partial charge in [-0.3, -0.25) is 0 Å². The Balaban J connectivity index is 2.88. The Hall–Kier alpha value is -0.140. The van der Waals surface area contributed by atoms with E-state index in [-0.39, 0.29) is 5.76 Å². The third kappa shape index (κ3) is 1.41. The van der Waals surface area contributed by atoms with Gasteiger partial charge in [-0.15, -0.1) is 0 Å². The summed E-state index contributed by atoms with van der Waals surface area (Å²) in [4.78, 5) is 0. The molecular weight excluding hydrogens is 159 g/mol. The highest BCUT2D eigenvalue weighted by molar-refractivity contribution is 6.35. The number of aliphatic hydroxyl groups is 1. The Morgan fingerprint density at radius 3 is 2.56 bits per heavy atom. The summed E-state index contributed by atoms with van der Waals surface area (Å²) < 4.78 is 0. The first-order valence-corrected chi connectivity index (χ1v) is 3.41. The van der Waals surface area contributed by atoms with Gasteiger partial charge in [-0.25, -0.2) is 0 Å². The zero-order chi connectivity index (χ0) is 6.85. The fourth-order valence-corrected chi connectivity index (χ4v) is 1.15. The summed E-state index contributed by atoms with van der Waals surface area (Å²) in [5, 5.41) is 9.82. The van der Waals surface area contributed by atoms with Crippen LogP contribution in [0.3, 0.4) is 0 Å². The third-order valence-electron chi connectivity index (χ3n) is 1.17. The first-order valence-electron chi connectivity index (χ1n) is 2.65. The average Bonchev–Trinajstić information content (AvgIpc) is 1.83. The van der Waals surface area contributed by atoms with Crippen LogP contribution >= 0.6 is 23.2 Å². The van der Waals surface area contributed by atoms with E-state index in [1.165, 1.54) is 0 Å². The molecule has 3 heteroatoms. The maximum Gasteiger partial charge on any atom is 0.148 e. The van der Waals surface area contributed by atoms with Crippen molar-refractivity contribution < 1.29 is 5.11 Å². The quantitative estimate of drug-likeness (QED) is 0.584. The molecule has 0 radical (unpaired) electrons. The summed E-state index contributed by atoms with van der Waals surface area (Å²) in [7, 11) is 0. The Kier molecular flexibility index (Phi) is 2.04. The maximum atomic E-state index is 8.99. The lowest BCUT2D eigenvalue weighted by Crippen LogP contribution is -1.91. The molecule has 0 amide bonds. The molecule has 0 aromatic heterocycles. The van der Waals surface area contributed by atoms with Gasteiger partial charge in [-0.1, -0.05) is 29.3 Å². The minimum atomic E-state index is 0.0320. The highest BCUT2D eigenvalue weighted by atomic mass is 35.5. The van der Waals surface area contributed by atoms with Crippen LogP contribution in [0.1, 0.15) is 12.8 Å². The molecule has 0 fully saturated rings. The Bertz CT molecular complexity index is 181. The van der Waals surface area contributed by atoms with Crippen LogP contribution in [0, 0.1) is 0 Å². The highest BCUT2D eigenvalue weighted by Gasteiger charge is 2.10. The van der Waals surface area contributed by atoms with Crippen LogP contribution in [-0.4, -0.2) is 5.11 Å². The van der Waals surface area contributed by atoms with Crippen LogP contribution in [0.5, 0.6) is 0 Å². The third-order valence-corrected chi connectivity index (χ3v) is 1.87. The zero-order valence-corrected chi connectivity index (χ0v) is 6.21. The van der Waals surface area contributed by atoms with Crippen LogP contribution in [0.2, 0.25) is 0 Å². The molecule has 0 aromatic rings. The first-order chi connectivity index (χ1) is 4.22. The van der Waals surface area contributed by atoms with Crippen molar-refractivity contribution in [2.45, 2.75) is 12.8 Å². The molecule has 1 nitrogen and oxygen atoms in total. The van der Waals surface area contributed by atoms with Gasteiger partial charge in [0.15, 0.2) is 0 Å². The van der Waals surface area contributed by atoms with Crippen molar-refractivity contribution in [1.29, 1.82) is 0 Å². The van der Waals surface area contributed by atoms with Gasteiger partial charge in [-0.05, 0) is 12.8 Å². The van der Waals surface area contributed by atoms with E-state index in [2.05, 4.69) is 0 Å². The number of allylic oxidation sites excluding steroid dienone is 3. The number of hydrogen-bond donors (Lipinski definition) is 1. The minimum absolute atomic E-state index is 0.0320. The predicted molar refractivity (Wildman–Crippen MR) is 38.7 cm³/mol. The summed E-state index contributed by atoms with van der Waals surface area (Å²) in [5.41, 5.74) is 0. The second kappa shape index (κ2) is 2.63. The summed E-state index contributed by atoms with van der Waals surface area (Å²) in [6.07, 6.45) is 3.27. The summed E-state index contributed by atoms with van der Waals surface area (Å²) in [6, 6.07) is 0. The number of halogens is 2. The molecule has 50 valence electrons. The molecule has 0 spiro atoms. The topological polar surface area (TPSA) is 20.2 Å². The molecule has 0 aromatic carbocycles. The van der Waals surface area contributed by atoms with E-state index >= 15 is 0 Å². The second-order valence-electron chi connectivity index (χ2n) is 1.84. The highest BCUT2D eigenvalue weighted by Crippen LogP contribution is 2.27. The SMILES string of the molecule is OC1=C(Cl)CCC=C1Cl. The molecule has 9 heavy (non-hydrogen) atoms. The molecular formula is C6H6Cl2O. The number of rotatable bonds is 0. The monoisotopic (exact) mass is 164 g/mol. The van der Waals surface area contributed by atoms with Gasteiger partial charge in [0.25, 0.3) is 0 Å². The molecule has 1 rings (SSSR count). The van der Waals surface area contributed by atoms with Gasteiger partial charge in [0.1, 0.15) is 5.76 Å². The fourth-order valence-electron chi connectivity index (χ4n) is 0.670. The summed E-state index contributed by atoms with van der Waals surface area (Å²) in [6.45, 7) is 0. The van der Waals surface area contributed by atoms with E-state index in [4.69, 9.17) is 28.3 Å². The summed E-state index contributed by atoms with van der Waals surface area (Å²) in [5.74, 6) is 0.0320. The van der Waals surface area contributed by atoms with Crippen LogP contribution in [0.15, 0.2) is 21.9 Å². The van der Waals surface area contributed by atoms with Crippen molar-refractivity contribution >= 4 is 23.2 Å². The largest absolute Gasteiger partial charge is 0.505 e. The fraction of sp³-hybridized carbons (Fsp3) is 0.333. The Morgan fingerprint density at radius 1 is 1.44 bits per heavy atom. The van der Waals surface area contributed by atoms with Gasteiger partial charge in [0, 0.05) is 0 Å². The van der Waals surface area contributed by atoms with Gasteiger partial charge < -0.3 is 5.11 Å². The molecule has 0 heterocycles. The van der Waals surface area contributed by atoms with E-state index in [1.54, 1.807) is 6.08 Å². The molecule has 0 aliphatic heterocycles. The van der Waals surface area contributed by atoms with Gasteiger partial charge >= 0.3 is 0 Å². The van der Waals surface area contributed by atoms with Crippen LogP contribution < -0.4 is 0 Å². The van der Waals surface area contributed by atoms with E-state index in [1.807, 2.05) is 0 Å². The van der Waals surface area contributed by atoms with Crippen LogP contribution in [0.4, 0.5) is 0 Å². The van der Waals surface area contributed by atoms with Crippen LogP contribution in [-0.2, 0) is 0 Å². The zero-order valence-electron chi connectivity index (χ0n) is 4.69. The molecule has 1 aliphatic carbocycles. The lowest BCUT2D eigenvalue weighted by molar-refractivity contribution is 0.421. The smallest absolute Gasteiger partial charge is 0.148 e. The average molecular weight is 165 g/mol. The van der Waals surface area contributed by atoms with Crippen molar-refractivity contribution in [3.8, 4) is 0 Å². The molecule has 0 saturated carbocycles. The molecule has 1 aliphatic rings. The van der Waals surface area contributed by atoms with E-state index in [9.17, 15) is 0 Å². The number of hydrogen-bond acceptors (Lipinski definition) is 1. The van der Waals surface area contributed by atoms with Crippen molar-refractivity contribution in [2.75, 3.05) is 0 Å². The van der Waals surface area contributed by atoms with E-state index < -0.39 is 0 Å². The van der Waals surface area contributed by atoms with E-state index in [0.717, 1.165) is 6.42 Å². The van der Waals surface area contributed by atoms with Crippen molar-refractivity contribution in [3.63, 3.8) is 0 Å². The molecule has 0 atom stereocenters. The molecule has 0 bridgehead atoms. The van der Waals surface area contributed by atoms with Crippen molar-refractivity contribution in [2.24, 2.45) is 0 Å². The molecule has 1 N–H and O–H groups in total. The second-order valence-corrected chi connectivity index (χ2v) is 2.71. The van der Waals surface area contributed by atoms with Gasteiger partial charge in [0.2, 0.25) is 0 Å². The Labute approximate surface area is 63.6 Å². The summed E-state index contributed by atoms with van der Waals surface area (Å²) >= 11 is 11.1.